The second-order valence-corrected chi connectivity index (χ2v) is 6.59. The first-order chi connectivity index (χ1) is 9.06. The highest BCUT2D eigenvalue weighted by Crippen LogP contribution is 2.16. The summed E-state index contributed by atoms with van der Waals surface area (Å²) < 4.78 is 0.975. The van der Waals surface area contributed by atoms with Crippen LogP contribution in [0.25, 0.3) is 0 Å². The largest absolute Gasteiger partial charge is 0.480 e. The number of carboxylic acid groups (broad SMARTS) is 1. The maximum atomic E-state index is 11.9. The zero-order valence-corrected chi connectivity index (χ0v) is 12.6. The van der Waals surface area contributed by atoms with Gasteiger partial charge in [0, 0.05) is 23.7 Å². The lowest BCUT2D eigenvalue weighted by Gasteiger charge is -2.12. The number of carbonyl (C=O) groups excluding carboxylic acids is 1. The number of nitrogens with one attached hydrogen (secondary N) is 2. The third-order valence-corrected chi connectivity index (χ3v) is 4.20. The predicted octanol–water partition coefficient (Wildman–Crippen LogP) is 1.50. The highest BCUT2D eigenvalue weighted by atomic mass is 127. The lowest BCUT2D eigenvalue weighted by Crippen LogP contribution is -2.42. The molecule has 19 heavy (non-hydrogen) atoms. The maximum absolute atomic E-state index is 11.9. The summed E-state index contributed by atoms with van der Waals surface area (Å²) in [6, 6.07) is 0.737. The van der Waals surface area contributed by atoms with Crippen molar-refractivity contribution in [2.24, 2.45) is 0 Å². The molecule has 0 aromatic carbocycles. The Morgan fingerprint density at radius 1 is 1.58 bits per heavy atom. The fraction of sp³-hybridized carbons (Fsp3) is 0.182. The number of carbonyl (C=O) groups is 2. The number of halogens is 1. The summed E-state index contributed by atoms with van der Waals surface area (Å²) in [5.74, 6) is -1.46. The summed E-state index contributed by atoms with van der Waals surface area (Å²) in [6.45, 7) is 0. The molecule has 0 aliphatic carbocycles. The Morgan fingerprint density at radius 2 is 2.37 bits per heavy atom. The van der Waals surface area contributed by atoms with E-state index in [0.29, 0.717) is 11.3 Å². The van der Waals surface area contributed by atoms with E-state index in [1.54, 1.807) is 11.4 Å². The highest BCUT2D eigenvalue weighted by molar-refractivity contribution is 14.1. The van der Waals surface area contributed by atoms with Crippen LogP contribution in [0, 0.1) is 2.88 Å². The summed E-state index contributed by atoms with van der Waals surface area (Å²) in [7, 11) is 0. The number of amides is 1. The van der Waals surface area contributed by atoms with Crippen LogP contribution in [0.2, 0.25) is 0 Å². The number of thiophene rings is 1. The fourth-order valence-electron chi connectivity index (χ4n) is 1.49. The van der Waals surface area contributed by atoms with E-state index >= 15 is 0 Å². The molecular formula is C11H10IN3O3S. The predicted molar refractivity (Wildman–Crippen MR) is 78.2 cm³/mol. The Balaban J connectivity index is 2.04. The third kappa shape index (κ3) is 3.77. The Bertz CT molecular complexity index is 582. The van der Waals surface area contributed by atoms with Gasteiger partial charge in [0.05, 0.1) is 14.8 Å². The Morgan fingerprint density at radius 3 is 2.89 bits per heavy atom. The van der Waals surface area contributed by atoms with E-state index in [2.05, 4.69) is 37.9 Å². The van der Waals surface area contributed by atoms with Crippen molar-refractivity contribution in [1.82, 2.24) is 15.3 Å². The molecule has 0 saturated carbocycles. The van der Waals surface area contributed by atoms with Crippen molar-refractivity contribution in [3.05, 3.63) is 38.1 Å². The second kappa shape index (κ2) is 6.15. The number of hydrogen-bond acceptors (Lipinski definition) is 4. The molecule has 2 rings (SSSR count). The average Bonchev–Trinajstić information content (AvgIpc) is 2.99. The first kappa shape index (κ1) is 14.0. The van der Waals surface area contributed by atoms with Crippen molar-refractivity contribution in [2.75, 3.05) is 0 Å². The Hall–Kier alpha value is -1.42. The molecule has 8 heteroatoms. The molecule has 0 bridgehead atoms. The normalized spacial score (nSPS) is 12.1. The third-order valence-electron chi connectivity index (χ3n) is 2.41. The summed E-state index contributed by atoms with van der Waals surface area (Å²) in [5, 5.41) is 13.3. The van der Waals surface area contributed by atoms with Crippen molar-refractivity contribution in [3.8, 4) is 0 Å². The maximum Gasteiger partial charge on any atom is 0.326 e. The first-order valence-electron chi connectivity index (χ1n) is 5.31. The molecule has 1 amide bonds. The molecule has 0 unspecified atom stereocenters. The van der Waals surface area contributed by atoms with Gasteiger partial charge in [-0.15, -0.1) is 11.3 Å². The molecule has 1 atom stereocenters. The number of aromatic amines is 1. The van der Waals surface area contributed by atoms with E-state index in [0.717, 1.165) is 2.88 Å². The monoisotopic (exact) mass is 391 g/mol. The zero-order valence-electron chi connectivity index (χ0n) is 9.59. The van der Waals surface area contributed by atoms with Gasteiger partial charge in [-0.3, -0.25) is 4.79 Å². The van der Waals surface area contributed by atoms with Gasteiger partial charge in [0.15, 0.2) is 0 Å². The van der Waals surface area contributed by atoms with Crippen LogP contribution in [0.1, 0.15) is 16.1 Å². The molecule has 0 aliphatic heterocycles. The molecule has 2 aromatic rings. The van der Waals surface area contributed by atoms with Gasteiger partial charge in [0.1, 0.15) is 6.04 Å². The minimum absolute atomic E-state index is 0.169. The van der Waals surface area contributed by atoms with Crippen LogP contribution in [-0.4, -0.2) is 33.0 Å². The number of rotatable bonds is 5. The van der Waals surface area contributed by atoms with Crippen LogP contribution in [0.5, 0.6) is 0 Å². The standard InChI is InChI=1S/C11H10IN3O3S/c12-9-1-6(4-19-9)10(16)15-8(11(17)18)2-7-3-13-5-14-7/h1,3-5,8H,2H2,(H,13,14)(H,15,16)(H,17,18)/t8-/m1/s1. The zero-order chi connectivity index (χ0) is 13.8. The molecular weight excluding hydrogens is 381 g/mol. The SMILES string of the molecule is O=C(N[C@H](Cc1cnc[nH]1)C(=O)O)c1csc(I)c1. The van der Waals surface area contributed by atoms with Gasteiger partial charge in [-0.05, 0) is 28.7 Å². The van der Waals surface area contributed by atoms with Gasteiger partial charge < -0.3 is 15.4 Å². The number of H-pyrrole nitrogens is 1. The van der Waals surface area contributed by atoms with Crippen LogP contribution in [0.15, 0.2) is 24.0 Å². The van der Waals surface area contributed by atoms with E-state index in [1.165, 1.54) is 23.9 Å². The molecule has 0 radical (unpaired) electrons. The van der Waals surface area contributed by atoms with Crippen molar-refractivity contribution >= 4 is 45.8 Å². The van der Waals surface area contributed by atoms with Crippen molar-refractivity contribution in [1.29, 1.82) is 0 Å². The molecule has 0 aliphatic rings. The second-order valence-electron chi connectivity index (χ2n) is 3.78. The molecule has 0 fully saturated rings. The quantitative estimate of drug-likeness (QED) is 0.674. The van der Waals surface area contributed by atoms with Gasteiger partial charge in [-0.25, -0.2) is 9.78 Å². The van der Waals surface area contributed by atoms with Gasteiger partial charge >= 0.3 is 5.97 Å². The number of imidazole rings is 1. The van der Waals surface area contributed by atoms with E-state index in [9.17, 15) is 9.59 Å². The molecule has 3 N–H and O–H groups in total. The highest BCUT2D eigenvalue weighted by Gasteiger charge is 2.22. The molecule has 2 aromatic heterocycles. The Labute approximate surface area is 126 Å². The van der Waals surface area contributed by atoms with E-state index in [-0.39, 0.29) is 12.3 Å². The molecule has 0 saturated heterocycles. The van der Waals surface area contributed by atoms with Gasteiger partial charge in [0.25, 0.3) is 5.91 Å². The summed E-state index contributed by atoms with van der Waals surface area (Å²) in [4.78, 5) is 29.7. The number of nitrogens with zero attached hydrogens (tertiary/aromatic N) is 1. The Kier molecular flexibility index (Phi) is 4.53. The van der Waals surface area contributed by atoms with Gasteiger partial charge in [-0.2, -0.15) is 0 Å². The molecule has 100 valence electrons. The smallest absolute Gasteiger partial charge is 0.326 e. The van der Waals surface area contributed by atoms with E-state index < -0.39 is 12.0 Å². The van der Waals surface area contributed by atoms with Crippen LogP contribution in [0.3, 0.4) is 0 Å². The van der Waals surface area contributed by atoms with Crippen LogP contribution < -0.4 is 5.32 Å². The van der Waals surface area contributed by atoms with Crippen molar-refractivity contribution < 1.29 is 14.7 Å². The van der Waals surface area contributed by atoms with E-state index in [4.69, 9.17) is 5.11 Å². The summed E-state index contributed by atoms with van der Waals surface area (Å²) in [6.07, 6.45) is 3.18. The lowest BCUT2D eigenvalue weighted by molar-refractivity contribution is -0.139. The van der Waals surface area contributed by atoms with Gasteiger partial charge in [0.2, 0.25) is 0 Å². The first-order valence-corrected chi connectivity index (χ1v) is 7.27. The topological polar surface area (TPSA) is 95.1 Å². The van der Waals surface area contributed by atoms with Crippen LogP contribution in [0.4, 0.5) is 0 Å². The van der Waals surface area contributed by atoms with Gasteiger partial charge in [-0.1, -0.05) is 0 Å². The van der Waals surface area contributed by atoms with Crippen molar-refractivity contribution in [3.63, 3.8) is 0 Å². The summed E-state index contributed by atoms with van der Waals surface area (Å²) >= 11 is 3.54. The number of aliphatic carboxylic acids is 1. The summed E-state index contributed by atoms with van der Waals surface area (Å²) in [5.41, 5.74) is 1.14. The number of carboxylic acids is 1. The molecule has 2 heterocycles. The van der Waals surface area contributed by atoms with E-state index in [1.807, 2.05) is 0 Å². The van der Waals surface area contributed by atoms with Crippen LogP contribution in [-0.2, 0) is 11.2 Å². The number of aromatic nitrogens is 2. The number of hydrogen-bond donors (Lipinski definition) is 3. The lowest BCUT2D eigenvalue weighted by atomic mass is 10.1. The molecule has 0 spiro atoms. The minimum Gasteiger partial charge on any atom is -0.480 e. The fourth-order valence-corrected chi connectivity index (χ4v) is 2.81. The van der Waals surface area contributed by atoms with Crippen LogP contribution >= 0.6 is 33.9 Å². The molecule has 6 nitrogen and oxygen atoms in total. The van der Waals surface area contributed by atoms with Crippen molar-refractivity contribution in [2.45, 2.75) is 12.5 Å². The minimum atomic E-state index is -1.08. The average molecular weight is 391 g/mol.